The number of hydrogen-bond donors (Lipinski definition) is 2. The van der Waals surface area contributed by atoms with Crippen molar-refractivity contribution in [3.8, 4) is 0 Å². The van der Waals surface area contributed by atoms with E-state index in [2.05, 4.69) is 4.98 Å². The largest absolute Gasteiger partial charge is 0.374 e. The molecule has 0 spiro atoms. The van der Waals surface area contributed by atoms with Gasteiger partial charge in [0.1, 0.15) is 6.23 Å². The first kappa shape index (κ1) is 10.2. The zero-order valence-corrected chi connectivity index (χ0v) is 9.28. The molecule has 1 aromatic carbocycles. The maximum atomic E-state index is 10.1. The smallest absolute Gasteiger partial charge is 0.135 e. The van der Waals surface area contributed by atoms with E-state index in [0.29, 0.717) is 0 Å². The molecule has 0 amide bonds. The Bertz CT molecular complexity index is 473. The van der Waals surface area contributed by atoms with E-state index in [1.165, 1.54) is 0 Å². The minimum atomic E-state index is -0.554. The van der Waals surface area contributed by atoms with Gasteiger partial charge in [0.2, 0.25) is 0 Å². The summed E-state index contributed by atoms with van der Waals surface area (Å²) in [6.45, 7) is 1.99. The molecule has 0 bridgehead atoms. The van der Waals surface area contributed by atoms with Crippen LogP contribution in [0.25, 0.3) is 10.9 Å². The SMILES string of the molecule is Cc1[nH]c2ccccc2c1C(O)N(C)C. The van der Waals surface area contributed by atoms with E-state index < -0.39 is 6.23 Å². The van der Waals surface area contributed by atoms with Crippen LogP contribution in [0.3, 0.4) is 0 Å². The molecule has 1 unspecified atom stereocenters. The highest BCUT2D eigenvalue weighted by Crippen LogP contribution is 2.28. The number of para-hydroxylation sites is 1. The maximum absolute atomic E-state index is 10.1. The molecule has 2 N–H and O–H groups in total. The molecule has 2 aromatic rings. The van der Waals surface area contributed by atoms with Crippen LogP contribution in [0, 0.1) is 6.92 Å². The van der Waals surface area contributed by atoms with E-state index >= 15 is 0 Å². The van der Waals surface area contributed by atoms with Gasteiger partial charge in [-0.15, -0.1) is 0 Å². The minimum absolute atomic E-state index is 0.554. The summed E-state index contributed by atoms with van der Waals surface area (Å²) in [5.74, 6) is 0. The number of nitrogens with one attached hydrogen (secondary N) is 1. The number of nitrogens with zero attached hydrogens (tertiary/aromatic N) is 1. The van der Waals surface area contributed by atoms with Crippen molar-refractivity contribution in [2.45, 2.75) is 13.2 Å². The van der Waals surface area contributed by atoms with Gasteiger partial charge in [0.05, 0.1) is 0 Å². The van der Waals surface area contributed by atoms with Gasteiger partial charge in [-0.05, 0) is 27.1 Å². The molecule has 0 aliphatic carbocycles. The second kappa shape index (κ2) is 3.68. The summed E-state index contributed by atoms with van der Waals surface area (Å²) in [7, 11) is 3.73. The van der Waals surface area contributed by atoms with Crippen molar-refractivity contribution in [2.24, 2.45) is 0 Å². The second-order valence-corrected chi connectivity index (χ2v) is 4.05. The van der Waals surface area contributed by atoms with Crippen LogP contribution in [0.5, 0.6) is 0 Å². The Kier molecular flexibility index (Phi) is 2.50. The van der Waals surface area contributed by atoms with Gasteiger partial charge in [-0.2, -0.15) is 0 Å². The van der Waals surface area contributed by atoms with Gasteiger partial charge in [0.15, 0.2) is 0 Å². The first-order valence-corrected chi connectivity index (χ1v) is 5.03. The Hall–Kier alpha value is -1.32. The van der Waals surface area contributed by atoms with Gasteiger partial charge in [-0.1, -0.05) is 18.2 Å². The van der Waals surface area contributed by atoms with Crippen LogP contribution in [-0.2, 0) is 0 Å². The zero-order chi connectivity index (χ0) is 11.0. The van der Waals surface area contributed by atoms with Crippen LogP contribution in [-0.4, -0.2) is 29.1 Å². The summed E-state index contributed by atoms with van der Waals surface area (Å²) in [6.07, 6.45) is -0.554. The average Bonchev–Trinajstić information content (AvgIpc) is 2.52. The summed E-state index contributed by atoms with van der Waals surface area (Å²) in [6, 6.07) is 8.03. The van der Waals surface area contributed by atoms with Gasteiger partial charge < -0.3 is 10.1 Å². The van der Waals surface area contributed by atoms with Gasteiger partial charge in [-0.25, -0.2) is 0 Å². The molecule has 0 saturated carbocycles. The first-order chi connectivity index (χ1) is 7.11. The Balaban J connectivity index is 2.63. The standard InChI is InChI=1S/C12H16N2O/c1-8-11(12(15)14(2)3)9-6-4-5-7-10(9)13-8/h4-7,12-13,15H,1-3H3. The van der Waals surface area contributed by atoms with Crippen LogP contribution < -0.4 is 0 Å². The van der Waals surface area contributed by atoms with E-state index in [1.54, 1.807) is 4.90 Å². The summed E-state index contributed by atoms with van der Waals surface area (Å²) >= 11 is 0. The molecule has 0 saturated heterocycles. The van der Waals surface area contributed by atoms with Crippen LogP contribution in [0.4, 0.5) is 0 Å². The fraction of sp³-hybridized carbons (Fsp3) is 0.333. The highest BCUT2D eigenvalue weighted by Gasteiger charge is 2.17. The lowest BCUT2D eigenvalue weighted by molar-refractivity contribution is 0.0403. The molecule has 3 heteroatoms. The Morgan fingerprint density at radius 3 is 2.60 bits per heavy atom. The third-order valence-corrected chi connectivity index (χ3v) is 2.69. The molecule has 1 aromatic heterocycles. The van der Waals surface area contributed by atoms with Crippen LogP contribution in [0.2, 0.25) is 0 Å². The first-order valence-electron chi connectivity index (χ1n) is 5.03. The topological polar surface area (TPSA) is 39.3 Å². The van der Waals surface area contributed by atoms with Crippen molar-refractivity contribution in [3.63, 3.8) is 0 Å². The molecule has 80 valence electrons. The maximum Gasteiger partial charge on any atom is 0.135 e. The number of rotatable bonds is 2. The Morgan fingerprint density at radius 2 is 1.93 bits per heavy atom. The van der Waals surface area contributed by atoms with Gasteiger partial charge in [-0.3, -0.25) is 4.90 Å². The lowest BCUT2D eigenvalue weighted by Gasteiger charge is -2.18. The fourth-order valence-electron chi connectivity index (χ4n) is 1.89. The van der Waals surface area contributed by atoms with E-state index in [0.717, 1.165) is 22.2 Å². The van der Waals surface area contributed by atoms with Crippen molar-refractivity contribution < 1.29 is 5.11 Å². The normalized spacial score (nSPS) is 13.7. The molecule has 0 fully saturated rings. The molecule has 3 nitrogen and oxygen atoms in total. The number of aromatic amines is 1. The van der Waals surface area contributed by atoms with Crippen LogP contribution in [0.1, 0.15) is 17.5 Å². The van der Waals surface area contributed by atoms with Crippen molar-refractivity contribution in [2.75, 3.05) is 14.1 Å². The predicted molar refractivity (Wildman–Crippen MR) is 61.7 cm³/mol. The summed E-state index contributed by atoms with van der Waals surface area (Å²) in [4.78, 5) is 5.07. The molecule has 0 aliphatic rings. The number of H-pyrrole nitrogens is 1. The highest BCUT2D eigenvalue weighted by molar-refractivity contribution is 5.84. The molecule has 1 heterocycles. The number of aromatic nitrogens is 1. The lowest BCUT2D eigenvalue weighted by atomic mass is 10.1. The molecule has 2 rings (SSSR count). The molecular formula is C12H16N2O. The molecule has 0 radical (unpaired) electrons. The fourth-order valence-corrected chi connectivity index (χ4v) is 1.89. The van der Waals surface area contributed by atoms with E-state index in [4.69, 9.17) is 0 Å². The summed E-state index contributed by atoms with van der Waals surface area (Å²) < 4.78 is 0. The quantitative estimate of drug-likeness (QED) is 0.735. The highest BCUT2D eigenvalue weighted by atomic mass is 16.3. The lowest BCUT2D eigenvalue weighted by Crippen LogP contribution is -2.19. The number of benzene rings is 1. The molecular weight excluding hydrogens is 188 g/mol. The van der Waals surface area contributed by atoms with Crippen molar-refractivity contribution in [3.05, 3.63) is 35.5 Å². The number of hydrogen-bond acceptors (Lipinski definition) is 2. The van der Waals surface area contributed by atoms with E-state index in [-0.39, 0.29) is 0 Å². The summed E-state index contributed by atoms with van der Waals surface area (Å²) in [5, 5.41) is 11.2. The number of aliphatic hydroxyl groups is 1. The van der Waals surface area contributed by atoms with Crippen molar-refractivity contribution in [1.82, 2.24) is 9.88 Å². The molecule has 0 aliphatic heterocycles. The third kappa shape index (κ3) is 1.64. The van der Waals surface area contributed by atoms with E-state index in [1.807, 2.05) is 45.3 Å². The average molecular weight is 204 g/mol. The molecule has 15 heavy (non-hydrogen) atoms. The number of aryl methyl sites for hydroxylation is 1. The van der Waals surface area contributed by atoms with Crippen LogP contribution >= 0.6 is 0 Å². The van der Waals surface area contributed by atoms with Gasteiger partial charge in [0, 0.05) is 22.2 Å². The van der Waals surface area contributed by atoms with Crippen LogP contribution in [0.15, 0.2) is 24.3 Å². The van der Waals surface area contributed by atoms with E-state index in [9.17, 15) is 5.11 Å². The Labute approximate surface area is 89.3 Å². The Morgan fingerprint density at radius 1 is 1.27 bits per heavy atom. The second-order valence-electron chi connectivity index (χ2n) is 4.05. The third-order valence-electron chi connectivity index (χ3n) is 2.69. The van der Waals surface area contributed by atoms with Gasteiger partial charge in [0.25, 0.3) is 0 Å². The zero-order valence-electron chi connectivity index (χ0n) is 9.28. The van der Waals surface area contributed by atoms with Crippen molar-refractivity contribution in [1.29, 1.82) is 0 Å². The van der Waals surface area contributed by atoms with Gasteiger partial charge >= 0.3 is 0 Å². The predicted octanol–water partition coefficient (Wildman–Crippen LogP) is 2.03. The number of fused-ring (bicyclic) bond motifs is 1. The number of aliphatic hydroxyl groups excluding tert-OH is 1. The monoisotopic (exact) mass is 204 g/mol. The van der Waals surface area contributed by atoms with Crippen molar-refractivity contribution >= 4 is 10.9 Å². The summed E-state index contributed by atoms with van der Waals surface area (Å²) in [5.41, 5.74) is 3.07. The minimum Gasteiger partial charge on any atom is -0.374 e. The molecule has 1 atom stereocenters.